The zero-order valence-electron chi connectivity index (χ0n) is 20.6. The van der Waals surface area contributed by atoms with Gasteiger partial charge in [-0.15, -0.1) is 0 Å². The number of nitrogens with zero attached hydrogens (tertiary/aromatic N) is 1. The van der Waals surface area contributed by atoms with Gasteiger partial charge < -0.3 is 14.1 Å². The highest BCUT2D eigenvalue weighted by atomic mass is 32.2. The van der Waals surface area contributed by atoms with Crippen molar-refractivity contribution in [2.75, 3.05) is 24.6 Å². The molecular formula is C23H47NO3SSi. The summed E-state index contributed by atoms with van der Waals surface area (Å²) in [5, 5.41) is 0.172. The molecule has 29 heavy (non-hydrogen) atoms. The van der Waals surface area contributed by atoms with Crippen molar-refractivity contribution in [2.24, 2.45) is 5.92 Å². The Labute approximate surface area is 186 Å². The van der Waals surface area contributed by atoms with Gasteiger partial charge in [0.2, 0.25) is 0 Å². The van der Waals surface area contributed by atoms with Crippen molar-refractivity contribution in [2.45, 2.75) is 110 Å². The number of hydrogen-bond donors (Lipinski definition) is 0. The van der Waals surface area contributed by atoms with Crippen LogP contribution in [0.4, 0.5) is 4.79 Å². The molecule has 0 aromatic carbocycles. The molecule has 172 valence electrons. The second kappa shape index (κ2) is 11.4. The minimum absolute atomic E-state index is 0.129. The first kappa shape index (κ1) is 26.8. The number of likely N-dealkylation sites (tertiary alicyclic amines) is 1. The summed E-state index contributed by atoms with van der Waals surface area (Å²) in [5.74, 6) is 2.80. The summed E-state index contributed by atoms with van der Waals surface area (Å²) >= 11 is 2.06. The molecule has 4 nitrogen and oxygen atoms in total. The van der Waals surface area contributed by atoms with Crippen molar-refractivity contribution >= 4 is 26.2 Å². The number of rotatable bonds is 10. The molecule has 2 atom stereocenters. The van der Waals surface area contributed by atoms with E-state index >= 15 is 0 Å². The molecule has 0 spiro atoms. The van der Waals surface area contributed by atoms with E-state index in [0.717, 1.165) is 18.7 Å². The molecule has 0 radical (unpaired) electrons. The van der Waals surface area contributed by atoms with E-state index in [1.807, 2.05) is 25.7 Å². The van der Waals surface area contributed by atoms with E-state index in [-0.39, 0.29) is 17.2 Å². The average Bonchev–Trinajstić information content (AvgIpc) is 2.94. The minimum atomic E-state index is -1.88. The quantitative estimate of drug-likeness (QED) is 0.269. The van der Waals surface area contributed by atoms with Crippen LogP contribution in [0.2, 0.25) is 18.1 Å². The minimum Gasteiger partial charge on any atom is -0.444 e. The molecular weight excluding hydrogens is 398 g/mol. The summed E-state index contributed by atoms with van der Waals surface area (Å²) in [4.78, 5) is 14.5. The van der Waals surface area contributed by atoms with Gasteiger partial charge in [-0.05, 0) is 63.3 Å². The number of amides is 1. The highest BCUT2D eigenvalue weighted by Gasteiger charge is 2.44. The van der Waals surface area contributed by atoms with E-state index in [0.29, 0.717) is 12.5 Å². The van der Waals surface area contributed by atoms with Crippen molar-refractivity contribution in [1.82, 2.24) is 4.90 Å². The molecule has 1 saturated heterocycles. The first-order valence-electron chi connectivity index (χ1n) is 11.5. The average molecular weight is 446 g/mol. The molecule has 1 amide bonds. The van der Waals surface area contributed by atoms with E-state index in [1.54, 1.807) is 0 Å². The molecule has 0 aromatic heterocycles. The normalized spacial score (nSPS) is 20.9. The summed E-state index contributed by atoms with van der Waals surface area (Å²) < 4.78 is 12.4. The molecule has 1 fully saturated rings. The number of carbonyl (C=O) groups excluding carboxylic acids is 1. The van der Waals surface area contributed by atoms with Gasteiger partial charge in [-0.2, -0.15) is 11.8 Å². The first-order chi connectivity index (χ1) is 13.3. The standard InChI is InChI=1S/C23H47NO3SSi/c1-10-11-12-13-15-28-16-14-19-17-24(21(25)26-22(2,3)4)18-20(19)27-29(8,9)23(5,6)7/h19-20H,10-18H2,1-9H3/t19-,20-/m0/s1. The van der Waals surface area contributed by atoms with Crippen LogP contribution in [0, 0.1) is 5.92 Å². The maximum Gasteiger partial charge on any atom is 0.410 e. The Balaban J connectivity index is 2.68. The summed E-state index contributed by atoms with van der Waals surface area (Å²) in [6.07, 6.45) is 6.33. The number of carbonyl (C=O) groups is 1. The Morgan fingerprint density at radius 2 is 1.69 bits per heavy atom. The fourth-order valence-electron chi connectivity index (χ4n) is 3.25. The lowest BCUT2D eigenvalue weighted by Gasteiger charge is -2.39. The van der Waals surface area contributed by atoms with Crippen molar-refractivity contribution in [3.8, 4) is 0 Å². The fraction of sp³-hybridized carbons (Fsp3) is 0.957. The van der Waals surface area contributed by atoms with Crippen LogP contribution in [0.1, 0.15) is 80.6 Å². The number of thioether (sulfide) groups is 1. The predicted octanol–water partition coefficient (Wildman–Crippen LogP) is 6.95. The number of unbranched alkanes of at least 4 members (excludes halogenated alkanes) is 3. The van der Waals surface area contributed by atoms with Gasteiger partial charge in [0.1, 0.15) is 5.60 Å². The van der Waals surface area contributed by atoms with E-state index in [1.165, 1.54) is 31.4 Å². The highest BCUT2D eigenvalue weighted by molar-refractivity contribution is 7.99. The summed E-state index contributed by atoms with van der Waals surface area (Å²) in [6.45, 7) is 20.9. The van der Waals surface area contributed by atoms with Gasteiger partial charge >= 0.3 is 6.09 Å². The third-order valence-electron chi connectivity index (χ3n) is 6.06. The van der Waals surface area contributed by atoms with Crippen LogP contribution >= 0.6 is 11.8 Å². The second-order valence-electron chi connectivity index (χ2n) is 11.0. The van der Waals surface area contributed by atoms with Gasteiger partial charge in [-0.25, -0.2) is 4.79 Å². The maximum absolute atomic E-state index is 12.6. The topological polar surface area (TPSA) is 38.8 Å². The van der Waals surface area contributed by atoms with Crippen LogP contribution in [0.15, 0.2) is 0 Å². The Kier molecular flexibility index (Phi) is 10.6. The van der Waals surface area contributed by atoms with Gasteiger partial charge in [-0.3, -0.25) is 0 Å². The lowest BCUT2D eigenvalue weighted by atomic mass is 10.0. The molecule has 1 aliphatic rings. The zero-order valence-corrected chi connectivity index (χ0v) is 22.4. The Morgan fingerprint density at radius 1 is 1.03 bits per heavy atom. The van der Waals surface area contributed by atoms with Gasteiger partial charge in [0.15, 0.2) is 8.32 Å². The molecule has 1 heterocycles. The Hall–Kier alpha value is -0.203. The van der Waals surface area contributed by atoms with Crippen LogP contribution in [0.25, 0.3) is 0 Å². The number of ether oxygens (including phenoxy) is 1. The van der Waals surface area contributed by atoms with Crippen LogP contribution in [0.3, 0.4) is 0 Å². The summed E-state index contributed by atoms with van der Waals surface area (Å²) in [7, 11) is -1.88. The molecule has 1 rings (SSSR count). The third kappa shape index (κ3) is 9.64. The van der Waals surface area contributed by atoms with Crippen molar-refractivity contribution in [3.05, 3.63) is 0 Å². The predicted molar refractivity (Wildman–Crippen MR) is 129 cm³/mol. The van der Waals surface area contributed by atoms with E-state index in [2.05, 4.69) is 52.6 Å². The van der Waals surface area contributed by atoms with Gasteiger partial charge in [-0.1, -0.05) is 47.0 Å². The molecule has 0 aliphatic carbocycles. The van der Waals surface area contributed by atoms with Crippen LogP contribution in [-0.2, 0) is 9.16 Å². The smallest absolute Gasteiger partial charge is 0.410 e. The SMILES string of the molecule is CCCCCCSCC[C@H]1CN(C(=O)OC(C)(C)C)C[C@@H]1O[Si](C)(C)C(C)(C)C. The van der Waals surface area contributed by atoms with E-state index in [9.17, 15) is 4.79 Å². The highest BCUT2D eigenvalue weighted by Crippen LogP contribution is 2.39. The summed E-state index contributed by atoms with van der Waals surface area (Å²) in [5.41, 5.74) is -0.459. The third-order valence-corrected chi connectivity index (χ3v) is 11.7. The zero-order chi connectivity index (χ0) is 22.3. The molecule has 0 saturated carbocycles. The van der Waals surface area contributed by atoms with Crippen molar-refractivity contribution in [1.29, 1.82) is 0 Å². The largest absolute Gasteiger partial charge is 0.444 e. The van der Waals surface area contributed by atoms with Gasteiger partial charge in [0, 0.05) is 19.0 Å². The van der Waals surface area contributed by atoms with E-state index in [4.69, 9.17) is 9.16 Å². The molecule has 0 unspecified atom stereocenters. The van der Waals surface area contributed by atoms with E-state index < -0.39 is 13.9 Å². The van der Waals surface area contributed by atoms with Crippen molar-refractivity contribution in [3.63, 3.8) is 0 Å². The lowest BCUT2D eigenvalue weighted by molar-refractivity contribution is 0.0272. The van der Waals surface area contributed by atoms with Crippen LogP contribution in [0.5, 0.6) is 0 Å². The number of hydrogen-bond acceptors (Lipinski definition) is 4. The fourth-order valence-corrected chi connectivity index (χ4v) is 5.71. The molecule has 0 aromatic rings. The monoisotopic (exact) mass is 445 g/mol. The van der Waals surface area contributed by atoms with Crippen LogP contribution in [-0.4, -0.2) is 55.6 Å². The molecule has 1 aliphatic heterocycles. The Bertz CT molecular complexity index is 499. The Morgan fingerprint density at radius 3 is 2.24 bits per heavy atom. The molecule has 6 heteroatoms. The first-order valence-corrected chi connectivity index (χ1v) is 15.6. The van der Waals surface area contributed by atoms with Crippen molar-refractivity contribution < 1.29 is 14.0 Å². The van der Waals surface area contributed by atoms with Crippen LogP contribution < -0.4 is 0 Å². The summed E-state index contributed by atoms with van der Waals surface area (Å²) in [6, 6.07) is 0. The maximum atomic E-state index is 12.6. The second-order valence-corrected chi connectivity index (χ2v) is 17.0. The van der Waals surface area contributed by atoms with Gasteiger partial charge in [0.05, 0.1) is 6.10 Å². The lowest BCUT2D eigenvalue weighted by Crippen LogP contribution is -2.46. The molecule has 0 bridgehead atoms. The van der Waals surface area contributed by atoms with Gasteiger partial charge in [0.25, 0.3) is 0 Å². The molecule has 0 N–H and O–H groups in total.